The first-order chi connectivity index (χ1) is 9.06. The topological polar surface area (TPSA) is 87.7 Å². The number of hydrogen-bond donors (Lipinski definition) is 2. The molecule has 2 rings (SSSR count). The van der Waals surface area contributed by atoms with Gasteiger partial charge in [0, 0.05) is 24.6 Å². The molecule has 2 N–H and O–H groups in total. The van der Waals surface area contributed by atoms with Gasteiger partial charge in [0.15, 0.2) is 0 Å². The largest absolute Gasteiger partial charge is 0.347 e. The van der Waals surface area contributed by atoms with Crippen molar-refractivity contribution in [3.63, 3.8) is 0 Å². The summed E-state index contributed by atoms with van der Waals surface area (Å²) in [6.45, 7) is 4.26. The van der Waals surface area contributed by atoms with Gasteiger partial charge in [0.05, 0.1) is 6.20 Å². The summed E-state index contributed by atoms with van der Waals surface area (Å²) in [5.74, 6) is -0.337. The van der Waals surface area contributed by atoms with E-state index in [0.29, 0.717) is 6.54 Å². The monoisotopic (exact) mass is 258 g/mol. The highest BCUT2D eigenvalue weighted by molar-refractivity contribution is 5.91. The van der Waals surface area contributed by atoms with Gasteiger partial charge in [-0.15, -0.1) is 0 Å². The number of carbonyl (C=O) groups is 1. The minimum Gasteiger partial charge on any atom is -0.347 e. The van der Waals surface area contributed by atoms with Crippen LogP contribution in [-0.2, 0) is 6.54 Å². The third kappa shape index (κ3) is 3.25. The molecule has 0 bridgehead atoms. The molecule has 0 atom stereocenters. The molecule has 0 fully saturated rings. The van der Waals surface area contributed by atoms with Gasteiger partial charge in [-0.1, -0.05) is 0 Å². The quantitative estimate of drug-likeness (QED) is 0.848. The van der Waals surface area contributed by atoms with Crippen LogP contribution in [0.15, 0.2) is 29.5 Å². The van der Waals surface area contributed by atoms with Crippen LogP contribution in [0.4, 0.5) is 0 Å². The number of aromatic amines is 1. The van der Waals surface area contributed by atoms with E-state index in [1.165, 1.54) is 6.20 Å². The number of nitrogens with zero attached hydrogens (tertiary/aromatic N) is 2. The molecule has 0 spiro atoms. The standard InChI is InChI=1S/C13H14N4O2/c1-8-3-9(2)14-4-10(8)5-17-13(19)11-6-16-12(18)7-15-11/h3-4,6-7H,5H2,1-2H3,(H,16,18)(H,17,19). The molecule has 2 aromatic heterocycles. The Bertz CT molecular complexity index is 643. The van der Waals surface area contributed by atoms with Crippen LogP contribution in [0.3, 0.4) is 0 Å². The molecule has 0 aliphatic rings. The number of pyridine rings is 1. The van der Waals surface area contributed by atoms with Crippen LogP contribution in [0.25, 0.3) is 0 Å². The van der Waals surface area contributed by atoms with E-state index in [-0.39, 0.29) is 17.2 Å². The van der Waals surface area contributed by atoms with Crippen LogP contribution in [0.1, 0.15) is 27.3 Å². The first kappa shape index (κ1) is 12.9. The Hall–Kier alpha value is -2.50. The fourth-order valence-corrected chi connectivity index (χ4v) is 1.64. The van der Waals surface area contributed by atoms with Crippen molar-refractivity contribution in [3.8, 4) is 0 Å². The minimum atomic E-state index is -0.338. The number of carbonyl (C=O) groups excluding carboxylic acids is 1. The fraction of sp³-hybridized carbons (Fsp3) is 0.231. The highest BCUT2D eigenvalue weighted by atomic mass is 16.2. The molecule has 0 saturated carbocycles. The number of hydrogen-bond acceptors (Lipinski definition) is 4. The highest BCUT2D eigenvalue weighted by Crippen LogP contribution is 2.07. The summed E-state index contributed by atoms with van der Waals surface area (Å²) in [6, 6.07) is 1.96. The molecule has 0 aliphatic heterocycles. The van der Waals surface area contributed by atoms with E-state index in [0.717, 1.165) is 23.0 Å². The fourth-order valence-electron chi connectivity index (χ4n) is 1.64. The Kier molecular flexibility index (Phi) is 3.70. The smallest absolute Gasteiger partial charge is 0.271 e. The predicted octanol–water partition coefficient (Wildman–Crippen LogP) is 0.712. The summed E-state index contributed by atoms with van der Waals surface area (Å²) < 4.78 is 0. The number of nitrogens with one attached hydrogen (secondary N) is 2. The maximum absolute atomic E-state index is 11.8. The lowest BCUT2D eigenvalue weighted by molar-refractivity contribution is 0.0945. The van der Waals surface area contributed by atoms with Gasteiger partial charge in [-0.25, -0.2) is 4.98 Å². The van der Waals surface area contributed by atoms with E-state index in [2.05, 4.69) is 20.3 Å². The minimum absolute atomic E-state index is 0.178. The summed E-state index contributed by atoms with van der Waals surface area (Å²) in [4.78, 5) is 33.0. The van der Waals surface area contributed by atoms with E-state index in [1.807, 2.05) is 19.9 Å². The van der Waals surface area contributed by atoms with Crippen LogP contribution in [0.5, 0.6) is 0 Å². The van der Waals surface area contributed by atoms with Crippen LogP contribution in [-0.4, -0.2) is 20.9 Å². The third-order valence-corrected chi connectivity index (χ3v) is 2.70. The molecule has 0 radical (unpaired) electrons. The summed E-state index contributed by atoms with van der Waals surface area (Å²) in [6.07, 6.45) is 4.11. The lowest BCUT2D eigenvalue weighted by Gasteiger charge is -2.07. The summed E-state index contributed by atoms with van der Waals surface area (Å²) >= 11 is 0. The number of rotatable bonds is 3. The van der Waals surface area contributed by atoms with Gasteiger partial charge in [0.1, 0.15) is 5.69 Å². The number of aromatic nitrogens is 3. The van der Waals surface area contributed by atoms with E-state index in [9.17, 15) is 9.59 Å². The van der Waals surface area contributed by atoms with E-state index < -0.39 is 0 Å². The normalized spacial score (nSPS) is 10.2. The van der Waals surface area contributed by atoms with Gasteiger partial charge in [0.2, 0.25) is 0 Å². The van der Waals surface area contributed by atoms with Gasteiger partial charge in [0.25, 0.3) is 11.5 Å². The van der Waals surface area contributed by atoms with E-state index in [1.54, 1.807) is 6.20 Å². The van der Waals surface area contributed by atoms with Crippen LogP contribution < -0.4 is 10.9 Å². The maximum atomic E-state index is 11.8. The van der Waals surface area contributed by atoms with Crippen molar-refractivity contribution in [2.24, 2.45) is 0 Å². The number of amides is 1. The first-order valence-electron chi connectivity index (χ1n) is 5.81. The van der Waals surface area contributed by atoms with Gasteiger partial charge in [-0.2, -0.15) is 0 Å². The molecule has 0 unspecified atom stereocenters. The Labute approximate surface area is 109 Å². The highest BCUT2D eigenvalue weighted by Gasteiger charge is 2.07. The molecule has 6 nitrogen and oxygen atoms in total. The van der Waals surface area contributed by atoms with Crippen LogP contribution in [0.2, 0.25) is 0 Å². The average Bonchev–Trinajstić information content (AvgIpc) is 2.38. The second kappa shape index (κ2) is 5.43. The van der Waals surface area contributed by atoms with Crippen molar-refractivity contribution in [2.45, 2.75) is 20.4 Å². The first-order valence-corrected chi connectivity index (χ1v) is 5.81. The molecule has 6 heteroatoms. The Morgan fingerprint density at radius 2 is 2.11 bits per heavy atom. The van der Waals surface area contributed by atoms with Crippen molar-refractivity contribution < 1.29 is 4.79 Å². The van der Waals surface area contributed by atoms with Crippen LogP contribution in [0, 0.1) is 13.8 Å². The lowest BCUT2D eigenvalue weighted by Crippen LogP contribution is -2.25. The zero-order valence-corrected chi connectivity index (χ0v) is 10.7. The Morgan fingerprint density at radius 1 is 1.32 bits per heavy atom. The Morgan fingerprint density at radius 3 is 2.74 bits per heavy atom. The van der Waals surface area contributed by atoms with Gasteiger partial charge in [-0.05, 0) is 31.0 Å². The van der Waals surface area contributed by atoms with Crippen molar-refractivity contribution in [1.29, 1.82) is 0 Å². The Balaban J connectivity index is 2.04. The molecule has 2 heterocycles. The van der Waals surface area contributed by atoms with E-state index in [4.69, 9.17) is 0 Å². The third-order valence-electron chi connectivity index (χ3n) is 2.70. The number of H-pyrrole nitrogens is 1. The van der Waals surface area contributed by atoms with Gasteiger partial charge in [-0.3, -0.25) is 14.6 Å². The molecule has 1 amide bonds. The van der Waals surface area contributed by atoms with Crippen molar-refractivity contribution in [3.05, 3.63) is 57.5 Å². The summed E-state index contributed by atoms with van der Waals surface area (Å²) in [7, 11) is 0. The predicted molar refractivity (Wildman–Crippen MR) is 69.7 cm³/mol. The summed E-state index contributed by atoms with van der Waals surface area (Å²) in [5.41, 5.74) is 2.80. The molecular formula is C13H14N4O2. The maximum Gasteiger partial charge on any atom is 0.271 e. The average molecular weight is 258 g/mol. The van der Waals surface area contributed by atoms with Crippen molar-refractivity contribution in [2.75, 3.05) is 0 Å². The molecule has 19 heavy (non-hydrogen) atoms. The molecule has 2 aromatic rings. The molecule has 0 aliphatic carbocycles. The SMILES string of the molecule is Cc1cc(C)c(CNC(=O)c2c[nH]c(=O)cn2)cn1. The van der Waals surface area contributed by atoms with E-state index >= 15 is 0 Å². The molecular weight excluding hydrogens is 244 g/mol. The molecule has 98 valence electrons. The lowest BCUT2D eigenvalue weighted by atomic mass is 10.1. The number of aryl methyl sites for hydroxylation is 2. The zero-order valence-electron chi connectivity index (χ0n) is 10.7. The van der Waals surface area contributed by atoms with Crippen LogP contribution >= 0.6 is 0 Å². The van der Waals surface area contributed by atoms with Crippen molar-refractivity contribution >= 4 is 5.91 Å². The molecule has 0 saturated heterocycles. The van der Waals surface area contributed by atoms with Crippen molar-refractivity contribution in [1.82, 2.24) is 20.3 Å². The summed E-state index contributed by atoms with van der Waals surface area (Å²) in [5, 5.41) is 2.73. The second-order valence-corrected chi connectivity index (χ2v) is 4.23. The zero-order chi connectivity index (χ0) is 13.8. The van der Waals surface area contributed by atoms with Gasteiger partial charge >= 0.3 is 0 Å². The second-order valence-electron chi connectivity index (χ2n) is 4.23. The van der Waals surface area contributed by atoms with Gasteiger partial charge < -0.3 is 10.3 Å². The molecule has 0 aromatic carbocycles.